The minimum atomic E-state index is 0.191. The lowest BCUT2D eigenvalue weighted by Gasteiger charge is -2.31. The van der Waals surface area contributed by atoms with Crippen LogP contribution >= 0.6 is 23.2 Å². The number of hydrogen-bond acceptors (Lipinski definition) is 1. The van der Waals surface area contributed by atoms with Gasteiger partial charge in [0, 0.05) is 22.0 Å². The van der Waals surface area contributed by atoms with Crippen molar-refractivity contribution in [2.24, 2.45) is 5.73 Å². The number of halogens is 2. The molecule has 20 heavy (non-hydrogen) atoms. The molecule has 0 saturated heterocycles. The number of fused-ring (bicyclic) bond motifs is 1. The van der Waals surface area contributed by atoms with Gasteiger partial charge in [-0.1, -0.05) is 53.5 Å². The van der Waals surface area contributed by atoms with E-state index in [4.69, 9.17) is 28.9 Å². The second kappa shape index (κ2) is 5.77. The molecule has 0 amide bonds. The molecule has 2 atom stereocenters. The van der Waals surface area contributed by atoms with Crippen LogP contribution in [0.3, 0.4) is 0 Å². The summed E-state index contributed by atoms with van der Waals surface area (Å²) in [6, 6.07) is 14.5. The Hall–Kier alpha value is -1.02. The van der Waals surface area contributed by atoms with Crippen LogP contribution in [0.2, 0.25) is 10.0 Å². The van der Waals surface area contributed by atoms with Crippen molar-refractivity contribution in [2.45, 2.75) is 31.2 Å². The van der Waals surface area contributed by atoms with Gasteiger partial charge < -0.3 is 5.73 Å². The number of benzene rings is 2. The minimum absolute atomic E-state index is 0.191. The third-order valence-electron chi connectivity index (χ3n) is 4.17. The lowest BCUT2D eigenvalue weighted by molar-refractivity contribution is 0.467. The van der Waals surface area contributed by atoms with Gasteiger partial charge in [-0.15, -0.1) is 0 Å². The molecule has 0 heterocycles. The molecule has 1 nitrogen and oxygen atoms in total. The highest BCUT2D eigenvalue weighted by molar-refractivity contribution is 6.35. The molecule has 0 bridgehead atoms. The van der Waals surface area contributed by atoms with Crippen molar-refractivity contribution in [3.05, 3.63) is 69.2 Å². The van der Waals surface area contributed by atoms with Gasteiger partial charge in [0.25, 0.3) is 0 Å². The van der Waals surface area contributed by atoms with Crippen molar-refractivity contribution in [3.8, 4) is 0 Å². The Morgan fingerprint density at radius 3 is 2.70 bits per heavy atom. The maximum absolute atomic E-state index is 6.35. The highest BCUT2D eigenvalue weighted by Crippen LogP contribution is 2.35. The topological polar surface area (TPSA) is 26.0 Å². The summed E-state index contributed by atoms with van der Waals surface area (Å²) >= 11 is 12.3. The van der Waals surface area contributed by atoms with E-state index >= 15 is 0 Å². The van der Waals surface area contributed by atoms with Crippen molar-refractivity contribution < 1.29 is 0 Å². The molecule has 2 unspecified atom stereocenters. The first kappa shape index (κ1) is 13.9. The zero-order valence-corrected chi connectivity index (χ0v) is 12.7. The van der Waals surface area contributed by atoms with E-state index in [1.165, 1.54) is 11.1 Å². The predicted octanol–water partition coefficient (Wildman–Crippen LogP) is 4.59. The van der Waals surface area contributed by atoms with E-state index in [0.717, 1.165) is 29.8 Å². The molecule has 1 aliphatic carbocycles. The smallest absolute Gasteiger partial charge is 0.0453 e. The average Bonchev–Trinajstić information content (AvgIpc) is 2.44. The van der Waals surface area contributed by atoms with Gasteiger partial charge in [-0.3, -0.25) is 0 Å². The fourth-order valence-electron chi connectivity index (χ4n) is 3.06. The van der Waals surface area contributed by atoms with Crippen LogP contribution in [0.1, 0.15) is 29.0 Å². The van der Waals surface area contributed by atoms with Crippen molar-refractivity contribution in [3.63, 3.8) is 0 Å². The summed E-state index contributed by atoms with van der Waals surface area (Å²) in [4.78, 5) is 0. The zero-order valence-electron chi connectivity index (χ0n) is 11.2. The predicted molar refractivity (Wildman–Crippen MR) is 85.6 cm³/mol. The van der Waals surface area contributed by atoms with Crippen LogP contribution in [0.4, 0.5) is 0 Å². The van der Waals surface area contributed by atoms with Crippen LogP contribution < -0.4 is 5.73 Å². The summed E-state index contributed by atoms with van der Waals surface area (Å²) in [5, 5.41) is 1.40. The van der Waals surface area contributed by atoms with Gasteiger partial charge in [-0.05, 0) is 48.1 Å². The van der Waals surface area contributed by atoms with Crippen LogP contribution in [0, 0.1) is 0 Å². The monoisotopic (exact) mass is 305 g/mol. The second-order valence-corrected chi connectivity index (χ2v) is 6.29. The Bertz CT molecular complexity index is 624. The number of aryl methyl sites for hydroxylation is 1. The Kier molecular flexibility index (Phi) is 4.02. The molecule has 0 spiro atoms. The van der Waals surface area contributed by atoms with Crippen molar-refractivity contribution in [2.75, 3.05) is 0 Å². The molecule has 0 aromatic heterocycles. The van der Waals surface area contributed by atoms with Gasteiger partial charge in [-0.2, -0.15) is 0 Å². The highest BCUT2D eigenvalue weighted by atomic mass is 35.5. The van der Waals surface area contributed by atoms with Gasteiger partial charge in [0.2, 0.25) is 0 Å². The lowest BCUT2D eigenvalue weighted by Crippen LogP contribution is -2.34. The first-order chi connectivity index (χ1) is 9.65. The average molecular weight is 306 g/mol. The first-order valence-electron chi connectivity index (χ1n) is 6.92. The first-order valence-corrected chi connectivity index (χ1v) is 7.68. The van der Waals surface area contributed by atoms with Crippen LogP contribution in [0.15, 0.2) is 42.5 Å². The van der Waals surface area contributed by atoms with Gasteiger partial charge in [0.1, 0.15) is 0 Å². The van der Waals surface area contributed by atoms with E-state index in [-0.39, 0.29) is 6.04 Å². The summed E-state index contributed by atoms with van der Waals surface area (Å²) in [5.74, 6) is 0.332. The third kappa shape index (κ3) is 2.71. The second-order valence-electron chi connectivity index (χ2n) is 5.45. The fraction of sp³-hybridized carbons (Fsp3) is 0.294. The molecule has 3 heteroatoms. The van der Waals surface area contributed by atoms with E-state index in [0.29, 0.717) is 10.9 Å². The van der Waals surface area contributed by atoms with Crippen molar-refractivity contribution >= 4 is 23.2 Å². The molecule has 104 valence electrons. The molecule has 0 aliphatic heterocycles. The molecule has 0 saturated carbocycles. The normalized spacial score (nSPS) is 21.6. The van der Waals surface area contributed by atoms with E-state index in [2.05, 4.69) is 24.3 Å². The molecule has 2 aromatic carbocycles. The Morgan fingerprint density at radius 2 is 1.90 bits per heavy atom. The van der Waals surface area contributed by atoms with Crippen LogP contribution in [0.5, 0.6) is 0 Å². The van der Waals surface area contributed by atoms with Crippen LogP contribution in [0.25, 0.3) is 0 Å². The molecule has 0 fully saturated rings. The molecular weight excluding hydrogens is 289 g/mol. The van der Waals surface area contributed by atoms with Crippen molar-refractivity contribution in [1.82, 2.24) is 0 Å². The van der Waals surface area contributed by atoms with Gasteiger partial charge in [-0.25, -0.2) is 0 Å². The summed E-state index contributed by atoms with van der Waals surface area (Å²) in [7, 11) is 0. The largest absolute Gasteiger partial charge is 0.327 e. The van der Waals surface area contributed by atoms with Crippen LogP contribution in [-0.4, -0.2) is 6.04 Å². The summed E-state index contributed by atoms with van der Waals surface area (Å²) < 4.78 is 0. The third-order valence-corrected chi connectivity index (χ3v) is 4.76. The van der Waals surface area contributed by atoms with E-state index in [9.17, 15) is 0 Å². The van der Waals surface area contributed by atoms with Gasteiger partial charge in [0.15, 0.2) is 0 Å². The maximum Gasteiger partial charge on any atom is 0.0453 e. The number of hydrogen-bond donors (Lipinski definition) is 1. The van der Waals surface area contributed by atoms with E-state index in [1.807, 2.05) is 12.1 Å². The minimum Gasteiger partial charge on any atom is -0.327 e. The molecule has 3 rings (SSSR count). The quantitative estimate of drug-likeness (QED) is 0.862. The maximum atomic E-state index is 6.35. The Balaban J connectivity index is 1.93. The number of nitrogens with two attached hydrogens (primary N) is 1. The molecular formula is C17H17Cl2N. The fourth-order valence-corrected chi connectivity index (χ4v) is 3.55. The van der Waals surface area contributed by atoms with E-state index < -0.39 is 0 Å². The highest BCUT2D eigenvalue weighted by Gasteiger charge is 2.27. The van der Waals surface area contributed by atoms with E-state index in [1.54, 1.807) is 6.07 Å². The molecule has 0 radical (unpaired) electrons. The Labute approximate surface area is 129 Å². The zero-order chi connectivity index (χ0) is 14.1. The SMILES string of the molecule is NC1CCc2ccccc2C1Cc1ccc(Cl)cc1Cl. The van der Waals surface area contributed by atoms with Crippen molar-refractivity contribution in [1.29, 1.82) is 0 Å². The lowest BCUT2D eigenvalue weighted by atomic mass is 9.76. The molecule has 1 aliphatic rings. The van der Waals surface area contributed by atoms with Gasteiger partial charge in [0.05, 0.1) is 0 Å². The van der Waals surface area contributed by atoms with Crippen LogP contribution in [-0.2, 0) is 12.8 Å². The Morgan fingerprint density at radius 1 is 1.10 bits per heavy atom. The van der Waals surface area contributed by atoms with Gasteiger partial charge >= 0.3 is 0 Å². The summed E-state index contributed by atoms with van der Waals surface area (Å²) in [5.41, 5.74) is 10.3. The summed E-state index contributed by atoms with van der Waals surface area (Å²) in [6.07, 6.45) is 2.98. The molecule has 2 N–H and O–H groups in total. The summed E-state index contributed by atoms with van der Waals surface area (Å²) in [6.45, 7) is 0. The molecule has 2 aromatic rings. The standard InChI is InChI=1S/C17H17Cl2N/c18-13-7-5-12(16(19)10-13)9-15-14-4-2-1-3-11(14)6-8-17(15)20/h1-5,7,10,15,17H,6,8-9,20H2. The number of rotatable bonds is 2.